The molecule has 0 spiro atoms. The monoisotopic (exact) mass is 888 g/mol. The van der Waals surface area contributed by atoms with Gasteiger partial charge >= 0.3 is 0 Å². The summed E-state index contributed by atoms with van der Waals surface area (Å²) in [4.78, 5) is 139. The summed E-state index contributed by atoms with van der Waals surface area (Å²) in [6.45, 7) is 3.62. The van der Waals surface area contributed by atoms with Crippen LogP contribution in [0.2, 0.25) is 0 Å². The molecule has 1 saturated heterocycles. The first-order valence-electron chi connectivity index (χ1n) is 10.7. The van der Waals surface area contributed by atoms with Gasteiger partial charge in [0.25, 0.3) is 0 Å². The minimum absolute atomic E-state index is 0. The summed E-state index contributed by atoms with van der Waals surface area (Å²) in [5, 5.41) is 0. The zero-order valence-electron chi connectivity index (χ0n) is 25.4. The van der Waals surface area contributed by atoms with E-state index in [-0.39, 0.29) is 111 Å². The third-order valence-corrected chi connectivity index (χ3v) is 3.30. The van der Waals surface area contributed by atoms with Crippen molar-refractivity contribution in [2.45, 2.75) is 20.3 Å². The average molecular weight is 888 g/mol. The molecule has 0 unspecified atom stereocenters. The van der Waals surface area contributed by atoms with Crippen molar-refractivity contribution in [2.75, 3.05) is 40.9 Å². The van der Waals surface area contributed by atoms with E-state index in [2.05, 4.69) is 0 Å². The van der Waals surface area contributed by atoms with Crippen LogP contribution in [0, 0.1) is 0 Å². The summed E-state index contributed by atoms with van der Waals surface area (Å²) in [6.07, 6.45) is 15.3. The van der Waals surface area contributed by atoms with Gasteiger partial charge in [0.2, 0.25) is 11.8 Å². The van der Waals surface area contributed by atoms with Crippen molar-refractivity contribution in [2.24, 2.45) is 0 Å². The molecule has 47 heavy (non-hydrogen) atoms. The van der Waals surface area contributed by atoms with Gasteiger partial charge in [-0.1, -0.05) is 13.8 Å². The summed E-state index contributed by atoms with van der Waals surface area (Å²) < 4.78 is 0. The molecule has 3 radical (unpaired) electrons. The van der Waals surface area contributed by atoms with Gasteiger partial charge in [0.15, 0.2) is 0 Å². The van der Waals surface area contributed by atoms with E-state index >= 15 is 0 Å². The Morgan fingerprint density at radius 2 is 0.660 bits per heavy atom. The number of carbonyl (C=O) groups excluding carboxylic acids is 14. The van der Waals surface area contributed by atoms with Crippen molar-refractivity contribution in [1.82, 2.24) is 34.3 Å². The molecule has 1 heterocycles. The molecule has 0 N–H and O–H groups in total. The number of nitrogens with zero attached hydrogens (tertiary/aromatic N) is 7. The maximum Gasteiger partial charge on any atom is 0.239 e. The Balaban J connectivity index is -0.0000000656. The van der Waals surface area contributed by atoms with Crippen molar-refractivity contribution < 1.29 is 165 Å². The smallest absolute Gasteiger partial charge is 0.239 e. The molecule has 255 valence electrons. The quantitative estimate of drug-likeness (QED) is 0.0606. The molecule has 1 rings (SSSR count). The molecule has 0 aromatic carbocycles. The second-order valence-corrected chi connectivity index (χ2v) is 6.22. The van der Waals surface area contributed by atoms with E-state index in [0.717, 1.165) is 14.7 Å². The third-order valence-electron chi connectivity index (χ3n) is 3.30. The van der Waals surface area contributed by atoms with Gasteiger partial charge in [0, 0.05) is 98.1 Å². The molecule has 21 nitrogen and oxygen atoms in total. The van der Waals surface area contributed by atoms with Crippen LogP contribution in [-0.2, 0) is 165 Å². The van der Waals surface area contributed by atoms with Gasteiger partial charge in [-0.2, -0.15) is 76.9 Å². The van der Waals surface area contributed by atoms with Gasteiger partial charge in [0.05, 0.1) is 6.67 Å². The number of hydrogen-bond acceptors (Lipinski definition) is 14. The fraction of sp³-hybridized carbons (Fsp3) is 0.391. The number of amides is 14. The maximum atomic E-state index is 10.6. The molecule has 0 bridgehead atoms. The Kier molecular flexibility index (Phi) is 64.0. The van der Waals surface area contributed by atoms with Crippen molar-refractivity contribution in [1.29, 1.82) is 0 Å². The fourth-order valence-corrected chi connectivity index (χ4v) is 1.09. The number of rotatable bonds is 16. The van der Waals surface area contributed by atoms with Gasteiger partial charge in [-0.25, -0.2) is 0 Å². The summed E-state index contributed by atoms with van der Waals surface area (Å²) >= 11 is 0. The third kappa shape index (κ3) is 43.3. The van der Waals surface area contributed by atoms with Crippen molar-refractivity contribution in [3.05, 3.63) is 0 Å². The SMILES string of the molecule is CCN([C-]=O)[C-]=O.CCN([C-]=O)[C-]=O.CN([C-]=O)[C-]=O.CN([C-]=O)[C-]=O.CN([C-]=O)[C-]=O.O=[C-]N([C-]=O)CN1C(=O)CC1=O.[Y].[Y].[Y]. The van der Waals surface area contributed by atoms with Gasteiger partial charge < -0.3 is 86.9 Å². The molecule has 0 aromatic heterocycles. The van der Waals surface area contributed by atoms with Gasteiger partial charge in [0.1, 0.15) is 6.42 Å². The number of carbonyl (C=O) groups is 2. The first-order chi connectivity index (χ1) is 20.8. The molecule has 0 aliphatic carbocycles. The fourth-order valence-electron chi connectivity index (χ4n) is 1.09. The van der Waals surface area contributed by atoms with Crippen LogP contribution < -0.4 is 0 Å². The largest absolute Gasteiger partial charge is 0.639 e. The first-order valence-corrected chi connectivity index (χ1v) is 10.7. The molecule has 1 aliphatic heterocycles. The molecule has 0 aromatic rings. The minimum Gasteiger partial charge on any atom is -0.639 e. The van der Waals surface area contributed by atoms with Crippen LogP contribution in [0.3, 0.4) is 0 Å². The van der Waals surface area contributed by atoms with Gasteiger partial charge in [-0.15, -0.1) is 0 Å². The summed E-state index contributed by atoms with van der Waals surface area (Å²) in [6, 6.07) is 0. The van der Waals surface area contributed by atoms with Crippen LogP contribution in [0.5, 0.6) is 0 Å². The zero-order valence-corrected chi connectivity index (χ0v) is 33.9. The Morgan fingerprint density at radius 3 is 0.745 bits per heavy atom. The van der Waals surface area contributed by atoms with Crippen molar-refractivity contribution in [3.63, 3.8) is 0 Å². The van der Waals surface area contributed by atoms with E-state index in [4.69, 9.17) is 0 Å². The topological polar surface area (TPSA) is 262 Å². The number of β-lactam (4-membered cyclic amide) rings is 2. The Morgan fingerprint density at radius 1 is 0.447 bits per heavy atom. The van der Waals surface area contributed by atoms with E-state index in [1.54, 1.807) is 13.8 Å². The van der Waals surface area contributed by atoms with Crippen molar-refractivity contribution in [3.8, 4) is 0 Å². The number of imide groups is 7. The molecular weight excluding hydrogens is 865 g/mol. The summed E-state index contributed by atoms with van der Waals surface area (Å²) in [5.74, 6) is -0.814. The van der Waals surface area contributed by atoms with Gasteiger partial charge in [-0.05, 0) is 34.2 Å². The Hall–Kier alpha value is -2.71. The normalized spacial score (nSPS) is 8.83. The zero-order chi connectivity index (χ0) is 35.5. The molecule has 1 aliphatic rings. The average Bonchev–Trinajstić information content (AvgIpc) is 3.07. The second kappa shape index (κ2) is 47.7. The van der Waals surface area contributed by atoms with E-state index in [1.165, 1.54) is 98.1 Å². The Bertz CT molecular complexity index is 826. The van der Waals surface area contributed by atoms with E-state index < -0.39 is 11.8 Å². The summed E-state index contributed by atoms with van der Waals surface area (Å²) in [7, 11) is 3.79. The van der Waals surface area contributed by atoms with Gasteiger partial charge in [-0.3, -0.25) is 14.5 Å². The standard InChI is InChI=1S/C6H4N2O4.2C4H5NO2.3C3H3NO2.3Y/c9-3-7(4-10)2-8-5(11)1-6(8)12;2*1-2-5(3-6)4-7;3*1-4(2-5)3-6;;;/h1-2H2;2*2H2,1H3;3*1H3;;;/q6*-2;;;. The molecule has 1 fully saturated rings. The number of hydrogen-bond donors (Lipinski definition) is 0. The van der Waals surface area contributed by atoms with E-state index in [0.29, 0.717) is 32.7 Å². The second-order valence-electron chi connectivity index (χ2n) is 6.22. The minimum atomic E-state index is -0.407. The molecule has 0 saturated carbocycles. The van der Waals surface area contributed by atoms with Crippen LogP contribution in [0.25, 0.3) is 0 Å². The predicted octanol–water partition coefficient (Wildman–Crippen LogP) is -5.83. The van der Waals surface area contributed by atoms with Crippen LogP contribution in [0.15, 0.2) is 0 Å². The van der Waals surface area contributed by atoms with Crippen LogP contribution in [0.1, 0.15) is 20.3 Å². The molecule has 24 heteroatoms. The molecular formula is C23H23N7O14Y3-12. The predicted molar refractivity (Wildman–Crippen MR) is 140 cm³/mol. The first kappa shape index (κ1) is 63.0. The van der Waals surface area contributed by atoms with Crippen LogP contribution in [-0.4, -0.2) is 164 Å². The maximum absolute atomic E-state index is 10.6. The molecule has 0 atom stereocenters. The number of likely N-dealkylation sites (tertiary alicyclic amines) is 1. The van der Waals surface area contributed by atoms with Crippen LogP contribution >= 0.6 is 0 Å². The van der Waals surface area contributed by atoms with Crippen molar-refractivity contribution >= 4 is 88.7 Å². The van der Waals surface area contributed by atoms with Crippen LogP contribution in [0.4, 0.5) is 0 Å². The summed E-state index contributed by atoms with van der Waals surface area (Å²) in [5.41, 5.74) is 0. The Labute approximate surface area is 346 Å². The van der Waals surface area contributed by atoms with E-state index in [1.807, 2.05) is 0 Å². The molecule has 14 amide bonds. The van der Waals surface area contributed by atoms with E-state index in [9.17, 15) is 67.1 Å².